The Morgan fingerprint density at radius 1 is 0.586 bits per heavy atom. The van der Waals surface area contributed by atoms with E-state index in [1.54, 1.807) is 4.90 Å². The molecule has 0 saturated heterocycles. The first-order chi connectivity index (χ1) is 13.5. The quantitative estimate of drug-likeness (QED) is 0.213. The van der Waals surface area contributed by atoms with Crippen LogP contribution in [0.15, 0.2) is 0 Å². The highest BCUT2D eigenvalue weighted by Gasteiger charge is 2.20. The molecule has 0 amide bonds. The molecule has 0 radical (unpaired) electrons. The number of rotatable bonds is 18. The lowest BCUT2D eigenvalue weighted by molar-refractivity contribution is -0.141. The van der Waals surface area contributed by atoms with Crippen LogP contribution in [0.1, 0.15) is 51.4 Å². The summed E-state index contributed by atoms with van der Waals surface area (Å²) in [4.78, 5) is 56.0. The average Bonchev–Trinajstić information content (AvgIpc) is 2.54. The van der Waals surface area contributed by atoms with Gasteiger partial charge in [-0.3, -0.25) is 28.9 Å². The van der Waals surface area contributed by atoms with E-state index in [0.29, 0.717) is 19.3 Å². The first-order valence-corrected chi connectivity index (χ1v) is 9.30. The molecular formula is C18H29NO10. The van der Waals surface area contributed by atoms with Gasteiger partial charge >= 0.3 is 29.8 Å². The van der Waals surface area contributed by atoms with E-state index in [2.05, 4.69) is 0 Å². The van der Waals surface area contributed by atoms with E-state index in [4.69, 9.17) is 25.5 Å². The van der Waals surface area contributed by atoms with Crippen LogP contribution in [0.3, 0.4) is 0 Å². The van der Waals surface area contributed by atoms with Crippen molar-refractivity contribution in [1.29, 1.82) is 0 Å². The van der Waals surface area contributed by atoms with Crippen molar-refractivity contribution in [1.82, 2.24) is 4.90 Å². The molecule has 5 N–H and O–H groups in total. The Morgan fingerprint density at radius 3 is 1.55 bits per heavy atom. The molecule has 11 nitrogen and oxygen atoms in total. The molecule has 0 aromatic heterocycles. The predicted octanol–water partition coefficient (Wildman–Crippen LogP) is 1.06. The molecule has 11 heteroatoms. The van der Waals surface area contributed by atoms with Gasteiger partial charge in [0.15, 0.2) is 0 Å². The molecule has 0 fully saturated rings. The van der Waals surface area contributed by atoms with Crippen LogP contribution in [0, 0.1) is 11.8 Å². The molecule has 0 aliphatic carbocycles. The number of carbonyl (C=O) groups is 5. The standard InChI is InChI=1S/C18H29NO10/c20-14(21)4-3-12(8-15(22)23)5-7-19(11-18(28)29)6-1-2-13(9-16(24)25)10-17(26)27/h12-13H,1-11H2,(H,20,21)(H,22,23)(H,24,25)(H,26,27)(H,28,29). The van der Waals surface area contributed by atoms with Crippen LogP contribution in [0.25, 0.3) is 0 Å². The minimum absolute atomic E-state index is 0.168. The van der Waals surface area contributed by atoms with Crippen molar-refractivity contribution in [2.24, 2.45) is 11.8 Å². The van der Waals surface area contributed by atoms with Crippen molar-refractivity contribution < 1.29 is 49.5 Å². The van der Waals surface area contributed by atoms with Crippen LogP contribution >= 0.6 is 0 Å². The van der Waals surface area contributed by atoms with Gasteiger partial charge in [-0.05, 0) is 50.6 Å². The molecule has 166 valence electrons. The third-order valence-corrected chi connectivity index (χ3v) is 4.46. The van der Waals surface area contributed by atoms with E-state index in [0.717, 1.165) is 0 Å². The first-order valence-electron chi connectivity index (χ1n) is 9.30. The van der Waals surface area contributed by atoms with Crippen molar-refractivity contribution in [2.45, 2.75) is 51.4 Å². The lowest BCUT2D eigenvalue weighted by atomic mass is 9.94. The zero-order chi connectivity index (χ0) is 22.4. The largest absolute Gasteiger partial charge is 0.481 e. The Balaban J connectivity index is 4.73. The van der Waals surface area contributed by atoms with Gasteiger partial charge < -0.3 is 25.5 Å². The summed E-state index contributed by atoms with van der Waals surface area (Å²) in [6.07, 6.45) is 0.185. The highest BCUT2D eigenvalue weighted by Crippen LogP contribution is 2.19. The van der Waals surface area contributed by atoms with Crippen molar-refractivity contribution in [3.05, 3.63) is 0 Å². The normalized spacial score (nSPS) is 12.1. The van der Waals surface area contributed by atoms with Gasteiger partial charge in [-0.25, -0.2) is 0 Å². The Kier molecular flexibility index (Phi) is 13.0. The summed E-state index contributed by atoms with van der Waals surface area (Å²) in [5, 5.41) is 44.5. The van der Waals surface area contributed by atoms with E-state index in [1.165, 1.54) is 0 Å². The summed E-state index contributed by atoms with van der Waals surface area (Å²) < 4.78 is 0. The maximum Gasteiger partial charge on any atom is 0.317 e. The molecule has 0 spiro atoms. The number of aliphatic carboxylic acids is 5. The molecule has 0 heterocycles. The summed E-state index contributed by atoms with van der Waals surface area (Å²) in [5.41, 5.74) is 0. The average molecular weight is 419 g/mol. The molecule has 0 aliphatic rings. The number of carboxylic acid groups (broad SMARTS) is 5. The Hall–Kier alpha value is -2.69. The van der Waals surface area contributed by atoms with E-state index in [-0.39, 0.29) is 51.7 Å². The molecule has 1 unspecified atom stereocenters. The summed E-state index contributed by atoms with van der Waals surface area (Å²) >= 11 is 0. The van der Waals surface area contributed by atoms with Crippen LogP contribution in [0.4, 0.5) is 0 Å². The number of hydrogen-bond acceptors (Lipinski definition) is 6. The van der Waals surface area contributed by atoms with Gasteiger partial charge in [0.25, 0.3) is 0 Å². The van der Waals surface area contributed by atoms with Crippen LogP contribution in [0.5, 0.6) is 0 Å². The first kappa shape index (κ1) is 26.3. The zero-order valence-electron chi connectivity index (χ0n) is 16.2. The zero-order valence-corrected chi connectivity index (χ0v) is 16.2. The highest BCUT2D eigenvalue weighted by atomic mass is 16.4. The molecule has 0 aromatic rings. The smallest absolute Gasteiger partial charge is 0.317 e. The minimum Gasteiger partial charge on any atom is -0.481 e. The fourth-order valence-corrected chi connectivity index (χ4v) is 3.12. The molecule has 1 atom stereocenters. The predicted molar refractivity (Wildman–Crippen MR) is 98.5 cm³/mol. The van der Waals surface area contributed by atoms with Crippen LogP contribution in [0.2, 0.25) is 0 Å². The summed E-state index contributed by atoms with van der Waals surface area (Å²) in [6, 6.07) is 0. The Morgan fingerprint density at radius 2 is 1.10 bits per heavy atom. The van der Waals surface area contributed by atoms with E-state index in [9.17, 15) is 24.0 Å². The van der Waals surface area contributed by atoms with Crippen molar-refractivity contribution in [3.8, 4) is 0 Å². The summed E-state index contributed by atoms with van der Waals surface area (Å²) in [6.45, 7) is 0.217. The fraction of sp³-hybridized carbons (Fsp3) is 0.722. The van der Waals surface area contributed by atoms with Gasteiger partial charge in [0.05, 0.1) is 6.54 Å². The summed E-state index contributed by atoms with van der Waals surface area (Å²) in [7, 11) is 0. The molecular weight excluding hydrogens is 390 g/mol. The molecule has 0 rings (SSSR count). The maximum atomic E-state index is 11.1. The van der Waals surface area contributed by atoms with Crippen LogP contribution in [-0.2, 0) is 24.0 Å². The Labute approximate surface area is 167 Å². The van der Waals surface area contributed by atoms with Gasteiger partial charge in [0.2, 0.25) is 0 Å². The topological polar surface area (TPSA) is 190 Å². The lowest BCUT2D eigenvalue weighted by Crippen LogP contribution is -2.33. The van der Waals surface area contributed by atoms with Gasteiger partial charge in [0, 0.05) is 25.7 Å². The second-order valence-electron chi connectivity index (χ2n) is 7.06. The molecule has 0 bridgehead atoms. The second-order valence-corrected chi connectivity index (χ2v) is 7.06. The lowest BCUT2D eigenvalue weighted by Gasteiger charge is -2.24. The minimum atomic E-state index is -1.10. The van der Waals surface area contributed by atoms with Crippen LogP contribution < -0.4 is 0 Å². The van der Waals surface area contributed by atoms with E-state index >= 15 is 0 Å². The van der Waals surface area contributed by atoms with Gasteiger partial charge in [-0.15, -0.1) is 0 Å². The van der Waals surface area contributed by atoms with Crippen molar-refractivity contribution in [2.75, 3.05) is 19.6 Å². The van der Waals surface area contributed by atoms with Crippen LogP contribution in [-0.4, -0.2) is 79.9 Å². The third kappa shape index (κ3) is 16.0. The Bertz CT molecular complexity index is 561. The molecule has 0 saturated carbocycles. The second kappa shape index (κ2) is 14.3. The van der Waals surface area contributed by atoms with Gasteiger partial charge in [-0.1, -0.05) is 0 Å². The van der Waals surface area contributed by atoms with Gasteiger partial charge in [-0.2, -0.15) is 0 Å². The van der Waals surface area contributed by atoms with E-state index < -0.39 is 41.7 Å². The van der Waals surface area contributed by atoms with E-state index in [1.807, 2.05) is 0 Å². The third-order valence-electron chi connectivity index (χ3n) is 4.46. The monoisotopic (exact) mass is 419 g/mol. The SMILES string of the molecule is O=C(O)CCC(CCN(CCCC(CC(=O)O)CC(=O)O)CC(=O)O)CC(=O)O. The summed E-state index contributed by atoms with van der Waals surface area (Å²) in [5.74, 6) is -6.36. The van der Waals surface area contributed by atoms with Crippen molar-refractivity contribution in [3.63, 3.8) is 0 Å². The number of hydrogen-bond donors (Lipinski definition) is 5. The number of carboxylic acids is 5. The fourth-order valence-electron chi connectivity index (χ4n) is 3.12. The molecule has 0 aromatic carbocycles. The van der Waals surface area contributed by atoms with Crippen molar-refractivity contribution >= 4 is 29.8 Å². The highest BCUT2D eigenvalue weighted by molar-refractivity contribution is 5.71. The molecule has 29 heavy (non-hydrogen) atoms. The maximum absolute atomic E-state index is 11.1. The number of nitrogens with zero attached hydrogens (tertiary/aromatic N) is 1. The molecule has 0 aliphatic heterocycles. The van der Waals surface area contributed by atoms with Gasteiger partial charge in [0.1, 0.15) is 0 Å².